The fraction of sp³-hybridized carbons (Fsp3) is 0.364. The average molecular weight is 484 g/mol. The summed E-state index contributed by atoms with van der Waals surface area (Å²) in [6, 6.07) is 10.7. The standard InChI is InChI=1S/C22H23F3N2O5S/c1-15-9-10-16-5-2-3-8-19(16)27(15)20(28)14-32-21(29)11-12-26-33(30,31)18-7-4-6-17(13-18)22(23,24)25/h2-8,13,15,26H,9-12,14H2,1H3. The Labute approximate surface area is 189 Å². The minimum absolute atomic E-state index is 0.0645. The monoisotopic (exact) mass is 484 g/mol. The quantitative estimate of drug-likeness (QED) is 0.609. The summed E-state index contributed by atoms with van der Waals surface area (Å²) in [5, 5.41) is 0. The first-order valence-electron chi connectivity index (χ1n) is 10.2. The van der Waals surface area contributed by atoms with Gasteiger partial charge in [0.2, 0.25) is 10.0 Å². The largest absolute Gasteiger partial charge is 0.456 e. The zero-order valence-corrected chi connectivity index (χ0v) is 18.6. The molecule has 178 valence electrons. The number of para-hydroxylation sites is 1. The van der Waals surface area contributed by atoms with Crippen LogP contribution < -0.4 is 9.62 Å². The number of halogens is 3. The number of nitrogens with one attached hydrogen (secondary N) is 1. The van der Waals surface area contributed by atoms with Crippen LogP contribution in [0.3, 0.4) is 0 Å². The number of sulfonamides is 1. The molecule has 1 N–H and O–H groups in total. The first-order chi connectivity index (χ1) is 15.5. The fourth-order valence-electron chi connectivity index (χ4n) is 3.56. The van der Waals surface area contributed by atoms with Crippen molar-refractivity contribution in [3.8, 4) is 0 Å². The molecular formula is C22H23F3N2O5S. The van der Waals surface area contributed by atoms with Crippen molar-refractivity contribution >= 4 is 27.6 Å². The molecule has 1 atom stereocenters. The van der Waals surface area contributed by atoms with Gasteiger partial charge in [0.15, 0.2) is 6.61 Å². The minimum atomic E-state index is -4.69. The molecule has 1 aliphatic rings. The molecule has 0 bridgehead atoms. The van der Waals surface area contributed by atoms with Crippen LogP contribution in [0.1, 0.15) is 30.9 Å². The van der Waals surface area contributed by atoms with Crippen molar-refractivity contribution in [3.63, 3.8) is 0 Å². The smallest absolute Gasteiger partial charge is 0.416 e. The lowest BCUT2D eigenvalue weighted by Crippen LogP contribution is -2.44. The lowest BCUT2D eigenvalue weighted by atomic mass is 9.96. The number of amides is 1. The number of alkyl halides is 3. The fourth-order valence-corrected chi connectivity index (χ4v) is 4.64. The second kappa shape index (κ2) is 9.92. The predicted molar refractivity (Wildman–Crippen MR) is 114 cm³/mol. The topological polar surface area (TPSA) is 92.8 Å². The Bertz CT molecular complexity index is 1130. The van der Waals surface area contributed by atoms with Gasteiger partial charge in [-0.05, 0) is 49.6 Å². The Kier molecular flexibility index (Phi) is 7.43. The van der Waals surface area contributed by atoms with Gasteiger partial charge >= 0.3 is 12.1 Å². The zero-order valence-electron chi connectivity index (χ0n) is 17.8. The van der Waals surface area contributed by atoms with E-state index in [0.29, 0.717) is 6.07 Å². The molecule has 7 nitrogen and oxygen atoms in total. The third-order valence-electron chi connectivity index (χ3n) is 5.24. The van der Waals surface area contributed by atoms with Gasteiger partial charge in [0.1, 0.15) is 0 Å². The van der Waals surface area contributed by atoms with Gasteiger partial charge in [-0.2, -0.15) is 13.2 Å². The van der Waals surface area contributed by atoms with Crippen LogP contribution in [0.5, 0.6) is 0 Å². The lowest BCUT2D eigenvalue weighted by Gasteiger charge is -2.35. The van der Waals surface area contributed by atoms with E-state index in [1.807, 2.05) is 31.2 Å². The number of carbonyl (C=O) groups is 2. The summed E-state index contributed by atoms with van der Waals surface area (Å²) >= 11 is 0. The number of hydrogen-bond donors (Lipinski definition) is 1. The number of esters is 1. The second-order valence-corrected chi connectivity index (χ2v) is 9.38. The van der Waals surface area contributed by atoms with Crippen molar-refractivity contribution in [3.05, 3.63) is 59.7 Å². The zero-order chi connectivity index (χ0) is 24.2. The van der Waals surface area contributed by atoms with E-state index in [0.717, 1.165) is 42.3 Å². The molecule has 0 aliphatic carbocycles. The minimum Gasteiger partial charge on any atom is -0.456 e. The summed E-state index contributed by atoms with van der Waals surface area (Å²) in [6.07, 6.45) is -3.47. The van der Waals surface area contributed by atoms with Crippen LogP contribution in [-0.2, 0) is 36.9 Å². The molecule has 2 aromatic rings. The third-order valence-corrected chi connectivity index (χ3v) is 6.70. The number of hydrogen-bond acceptors (Lipinski definition) is 5. The summed E-state index contributed by atoms with van der Waals surface area (Å²) in [5.74, 6) is -1.21. The number of rotatable bonds is 7. The van der Waals surface area contributed by atoms with E-state index in [-0.39, 0.29) is 6.04 Å². The molecule has 0 saturated heterocycles. The predicted octanol–water partition coefficient (Wildman–Crippen LogP) is 3.28. The van der Waals surface area contributed by atoms with Gasteiger partial charge in [0, 0.05) is 18.3 Å². The molecule has 1 heterocycles. The summed E-state index contributed by atoms with van der Waals surface area (Å²) < 4.78 is 69.9. The van der Waals surface area contributed by atoms with Crippen LogP contribution in [-0.4, -0.2) is 39.5 Å². The molecule has 0 spiro atoms. The van der Waals surface area contributed by atoms with Crippen LogP contribution in [0, 0.1) is 0 Å². The number of fused-ring (bicyclic) bond motifs is 1. The molecule has 1 amide bonds. The van der Waals surface area contributed by atoms with E-state index in [4.69, 9.17) is 4.74 Å². The number of aryl methyl sites for hydroxylation is 1. The highest BCUT2D eigenvalue weighted by Gasteiger charge is 2.32. The maximum absolute atomic E-state index is 12.8. The Morgan fingerprint density at radius 2 is 1.88 bits per heavy atom. The first kappa shape index (κ1) is 24.7. The van der Waals surface area contributed by atoms with E-state index < -0.39 is 58.1 Å². The molecule has 1 unspecified atom stereocenters. The highest BCUT2D eigenvalue weighted by Crippen LogP contribution is 2.31. The number of nitrogens with zero attached hydrogens (tertiary/aromatic N) is 1. The second-order valence-electron chi connectivity index (χ2n) is 7.61. The molecule has 33 heavy (non-hydrogen) atoms. The summed E-state index contributed by atoms with van der Waals surface area (Å²) in [7, 11) is -4.26. The van der Waals surface area contributed by atoms with Gasteiger partial charge in [-0.1, -0.05) is 24.3 Å². The Hall–Kier alpha value is -2.92. The van der Waals surface area contributed by atoms with Gasteiger partial charge in [-0.3, -0.25) is 9.59 Å². The van der Waals surface area contributed by atoms with E-state index in [1.165, 1.54) is 0 Å². The maximum atomic E-state index is 12.8. The maximum Gasteiger partial charge on any atom is 0.416 e. The van der Waals surface area contributed by atoms with Crippen LogP contribution >= 0.6 is 0 Å². The molecular weight excluding hydrogens is 461 g/mol. The van der Waals surface area contributed by atoms with Crippen LogP contribution in [0.4, 0.5) is 18.9 Å². The van der Waals surface area contributed by atoms with E-state index in [1.54, 1.807) is 4.90 Å². The molecule has 0 aromatic heterocycles. The van der Waals surface area contributed by atoms with Crippen molar-refractivity contribution in [2.75, 3.05) is 18.1 Å². The molecule has 0 radical (unpaired) electrons. The normalized spacial score (nSPS) is 16.2. The van der Waals surface area contributed by atoms with Gasteiger partial charge in [-0.15, -0.1) is 0 Å². The SMILES string of the molecule is CC1CCc2ccccc2N1C(=O)COC(=O)CCNS(=O)(=O)c1cccc(C(F)(F)F)c1. The number of anilines is 1. The van der Waals surface area contributed by atoms with Gasteiger partial charge in [-0.25, -0.2) is 13.1 Å². The van der Waals surface area contributed by atoms with Gasteiger partial charge in [0.25, 0.3) is 5.91 Å². The van der Waals surface area contributed by atoms with E-state index in [2.05, 4.69) is 4.72 Å². The van der Waals surface area contributed by atoms with E-state index in [9.17, 15) is 31.2 Å². The molecule has 3 rings (SSSR count). The molecule has 11 heteroatoms. The molecule has 0 fully saturated rings. The van der Waals surface area contributed by atoms with Crippen molar-refractivity contribution in [2.45, 2.75) is 43.3 Å². The average Bonchev–Trinajstić information content (AvgIpc) is 2.77. The lowest BCUT2D eigenvalue weighted by molar-refractivity contribution is -0.147. The third kappa shape index (κ3) is 6.11. The van der Waals surface area contributed by atoms with Crippen molar-refractivity contribution in [1.82, 2.24) is 4.72 Å². The first-order valence-corrected chi connectivity index (χ1v) is 11.7. The summed E-state index contributed by atoms with van der Waals surface area (Å²) in [4.78, 5) is 25.7. The van der Waals surface area contributed by atoms with E-state index >= 15 is 0 Å². The molecule has 1 aliphatic heterocycles. The Morgan fingerprint density at radius 1 is 1.15 bits per heavy atom. The van der Waals surface area contributed by atoms with Gasteiger partial charge < -0.3 is 9.64 Å². The van der Waals surface area contributed by atoms with Crippen LogP contribution in [0.2, 0.25) is 0 Å². The number of ether oxygens (including phenoxy) is 1. The van der Waals surface area contributed by atoms with Crippen molar-refractivity contribution < 1.29 is 35.9 Å². The highest BCUT2D eigenvalue weighted by molar-refractivity contribution is 7.89. The van der Waals surface area contributed by atoms with Crippen molar-refractivity contribution in [2.24, 2.45) is 0 Å². The van der Waals surface area contributed by atoms with Crippen molar-refractivity contribution in [1.29, 1.82) is 0 Å². The number of benzene rings is 2. The number of carbonyl (C=O) groups excluding carboxylic acids is 2. The Morgan fingerprint density at radius 3 is 2.61 bits per heavy atom. The van der Waals surface area contributed by atoms with Gasteiger partial charge in [0.05, 0.1) is 16.9 Å². The summed E-state index contributed by atoms with van der Waals surface area (Å²) in [5.41, 5.74) is 0.697. The highest BCUT2D eigenvalue weighted by atomic mass is 32.2. The molecule has 0 saturated carbocycles. The van der Waals surface area contributed by atoms with Crippen LogP contribution in [0.15, 0.2) is 53.4 Å². The summed E-state index contributed by atoms with van der Waals surface area (Å²) in [6.45, 7) is 1.00. The Balaban J connectivity index is 1.52. The molecule has 2 aromatic carbocycles. The van der Waals surface area contributed by atoms with Crippen LogP contribution in [0.25, 0.3) is 0 Å².